The number of rotatable bonds is 2. The third-order valence-electron chi connectivity index (χ3n) is 3.21. The second kappa shape index (κ2) is 5.28. The van der Waals surface area contributed by atoms with Crippen LogP contribution in [-0.4, -0.2) is 0 Å². The molecule has 0 aliphatic rings. The van der Waals surface area contributed by atoms with Gasteiger partial charge >= 0.3 is 0 Å². The van der Waals surface area contributed by atoms with Crippen molar-refractivity contribution in [2.75, 3.05) is 0 Å². The van der Waals surface area contributed by atoms with Crippen LogP contribution in [0.15, 0.2) is 47.8 Å². The van der Waals surface area contributed by atoms with Crippen molar-refractivity contribution < 1.29 is 0 Å². The summed E-state index contributed by atoms with van der Waals surface area (Å²) in [5, 5.41) is 4.32. The Morgan fingerprint density at radius 2 is 1.89 bits per heavy atom. The molecule has 3 rings (SSSR count). The molecule has 0 radical (unpaired) electrons. The maximum Gasteiger partial charge on any atom is 0.0673 e. The van der Waals surface area contributed by atoms with E-state index < -0.39 is 0 Å². The maximum atomic E-state index is 6.37. The van der Waals surface area contributed by atoms with E-state index in [4.69, 9.17) is 11.6 Å². The summed E-state index contributed by atoms with van der Waals surface area (Å²) >= 11 is 11.9. The van der Waals surface area contributed by atoms with Gasteiger partial charge in [-0.25, -0.2) is 0 Å². The van der Waals surface area contributed by atoms with Gasteiger partial charge in [0.2, 0.25) is 0 Å². The smallest absolute Gasteiger partial charge is 0.0673 e. The van der Waals surface area contributed by atoms with Crippen LogP contribution in [0.1, 0.15) is 21.5 Å². The van der Waals surface area contributed by atoms with Crippen molar-refractivity contribution in [2.45, 2.75) is 11.8 Å². The van der Waals surface area contributed by atoms with Gasteiger partial charge in [-0.1, -0.05) is 57.9 Å². The average molecular weight is 352 g/mol. The van der Waals surface area contributed by atoms with Gasteiger partial charge in [0.1, 0.15) is 0 Å². The van der Waals surface area contributed by atoms with Gasteiger partial charge in [-0.05, 0) is 46.5 Å². The van der Waals surface area contributed by atoms with Crippen LogP contribution in [0.2, 0.25) is 5.02 Å². The number of fused-ring (bicyclic) bond motifs is 1. The number of alkyl halides is 1. The number of aryl methyl sites for hydroxylation is 1. The summed E-state index contributed by atoms with van der Waals surface area (Å²) in [4.78, 5) is 0.136. The van der Waals surface area contributed by atoms with E-state index >= 15 is 0 Å². The highest BCUT2D eigenvalue weighted by atomic mass is 79.9. The molecule has 0 bridgehead atoms. The molecule has 1 heterocycles. The molecule has 19 heavy (non-hydrogen) atoms. The monoisotopic (exact) mass is 350 g/mol. The van der Waals surface area contributed by atoms with Crippen LogP contribution < -0.4 is 0 Å². The fraction of sp³-hybridized carbons (Fsp3) is 0.125. The third kappa shape index (κ3) is 2.45. The van der Waals surface area contributed by atoms with Crippen LogP contribution >= 0.6 is 38.9 Å². The number of benzene rings is 2. The first kappa shape index (κ1) is 13.2. The Morgan fingerprint density at radius 3 is 2.68 bits per heavy atom. The molecule has 3 aromatic rings. The number of halogens is 2. The van der Waals surface area contributed by atoms with Crippen molar-refractivity contribution in [2.24, 2.45) is 0 Å². The maximum absolute atomic E-state index is 6.37. The highest BCUT2D eigenvalue weighted by Gasteiger charge is 2.17. The zero-order chi connectivity index (χ0) is 13.4. The quantitative estimate of drug-likeness (QED) is 0.472. The first-order valence-electron chi connectivity index (χ1n) is 6.03. The molecule has 0 nitrogen and oxygen atoms in total. The number of thiophene rings is 1. The molecule has 0 aliphatic heterocycles. The summed E-state index contributed by atoms with van der Waals surface area (Å²) in [6, 6.07) is 14.7. The molecule has 1 atom stereocenters. The summed E-state index contributed by atoms with van der Waals surface area (Å²) in [6.07, 6.45) is 0. The zero-order valence-corrected chi connectivity index (χ0v) is 13.5. The van der Waals surface area contributed by atoms with E-state index in [9.17, 15) is 0 Å². The number of hydrogen-bond donors (Lipinski definition) is 0. The first-order valence-corrected chi connectivity index (χ1v) is 8.20. The van der Waals surface area contributed by atoms with Gasteiger partial charge in [0.15, 0.2) is 0 Å². The van der Waals surface area contributed by atoms with Crippen molar-refractivity contribution in [1.82, 2.24) is 0 Å². The molecular weight excluding hydrogens is 340 g/mol. The third-order valence-corrected chi connectivity index (χ3v) is 5.51. The van der Waals surface area contributed by atoms with Crippen LogP contribution in [0, 0.1) is 6.92 Å². The highest BCUT2D eigenvalue weighted by molar-refractivity contribution is 9.09. The Morgan fingerprint density at radius 1 is 1.11 bits per heavy atom. The SMILES string of the molecule is Cc1ccc(C(Br)c2csc3ccccc23)c(Cl)c1. The van der Waals surface area contributed by atoms with Crippen molar-refractivity contribution in [3.8, 4) is 0 Å². The van der Waals surface area contributed by atoms with Gasteiger partial charge in [0.25, 0.3) is 0 Å². The van der Waals surface area contributed by atoms with Crippen molar-refractivity contribution >= 4 is 49.0 Å². The van der Waals surface area contributed by atoms with E-state index in [0.717, 1.165) is 10.6 Å². The predicted molar refractivity (Wildman–Crippen MR) is 88.8 cm³/mol. The molecule has 0 amide bonds. The Balaban J connectivity index is 2.10. The van der Waals surface area contributed by atoms with Gasteiger partial charge in [0, 0.05) is 9.72 Å². The predicted octanol–water partition coefficient (Wildman–Crippen LogP) is 6.35. The van der Waals surface area contributed by atoms with Gasteiger partial charge in [-0.15, -0.1) is 11.3 Å². The molecule has 0 fully saturated rings. The second-order valence-electron chi connectivity index (χ2n) is 4.57. The molecule has 96 valence electrons. The molecule has 0 spiro atoms. The number of hydrogen-bond acceptors (Lipinski definition) is 1. The van der Waals surface area contributed by atoms with E-state index in [-0.39, 0.29) is 4.83 Å². The van der Waals surface area contributed by atoms with E-state index in [1.807, 2.05) is 6.07 Å². The molecule has 1 aromatic heterocycles. The molecule has 0 saturated carbocycles. The lowest BCUT2D eigenvalue weighted by molar-refractivity contribution is 1.20. The summed E-state index contributed by atoms with van der Waals surface area (Å²) < 4.78 is 1.31. The highest BCUT2D eigenvalue weighted by Crippen LogP contribution is 2.41. The molecule has 2 aromatic carbocycles. The fourth-order valence-electron chi connectivity index (χ4n) is 2.20. The Kier molecular flexibility index (Phi) is 3.66. The van der Waals surface area contributed by atoms with Gasteiger partial charge in [0.05, 0.1) is 4.83 Å². The largest absolute Gasteiger partial charge is 0.143 e. The molecule has 3 heteroatoms. The van der Waals surface area contributed by atoms with E-state index in [0.29, 0.717) is 0 Å². The normalized spacial score (nSPS) is 12.8. The van der Waals surface area contributed by atoms with Crippen LogP contribution in [0.5, 0.6) is 0 Å². The Hall–Kier alpha value is -0.830. The standard InChI is InChI=1S/C16H12BrClS/c1-10-6-7-12(14(18)8-10)16(17)13-9-19-15-5-3-2-4-11(13)15/h2-9,16H,1H3. The topological polar surface area (TPSA) is 0 Å². The van der Waals surface area contributed by atoms with Crippen LogP contribution in [0.25, 0.3) is 10.1 Å². The fourth-order valence-corrected chi connectivity index (χ4v) is 4.62. The van der Waals surface area contributed by atoms with Crippen molar-refractivity contribution in [3.63, 3.8) is 0 Å². The summed E-state index contributed by atoms with van der Waals surface area (Å²) in [6.45, 7) is 2.05. The van der Waals surface area contributed by atoms with E-state index in [2.05, 4.69) is 64.6 Å². The summed E-state index contributed by atoms with van der Waals surface area (Å²) in [7, 11) is 0. The Labute approximate surface area is 130 Å². The average Bonchev–Trinajstić information content (AvgIpc) is 2.82. The molecule has 0 aliphatic carbocycles. The lowest BCUT2D eigenvalue weighted by Crippen LogP contribution is -1.93. The Bertz CT molecular complexity index is 732. The van der Waals surface area contributed by atoms with Crippen molar-refractivity contribution in [1.29, 1.82) is 0 Å². The first-order chi connectivity index (χ1) is 9.16. The minimum Gasteiger partial charge on any atom is -0.143 e. The van der Waals surface area contributed by atoms with Gasteiger partial charge in [-0.2, -0.15) is 0 Å². The molecule has 0 N–H and O–H groups in total. The summed E-state index contributed by atoms with van der Waals surface area (Å²) in [5.74, 6) is 0. The lowest BCUT2D eigenvalue weighted by Gasteiger charge is -2.12. The van der Waals surface area contributed by atoms with E-state index in [1.54, 1.807) is 11.3 Å². The van der Waals surface area contributed by atoms with E-state index in [1.165, 1.54) is 21.2 Å². The zero-order valence-electron chi connectivity index (χ0n) is 10.4. The van der Waals surface area contributed by atoms with Crippen LogP contribution in [0.4, 0.5) is 0 Å². The lowest BCUT2D eigenvalue weighted by atomic mass is 10.0. The minimum absolute atomic E-state index is 0.136. The van der Waals surface area contributed by atoms with Crippen LogP contribution in [0.3, 0.4) is 0 Å². The van der Waals surface area contributed by atoms with Crippen LogP contribution in [-0.2, 0) is 0 Å². The van der Waals surface area contributed by atoms with Crippen molar-refractivity contribution in [3.05, 3.63) is 69.6 Å². The second-order valence-corrected chi connectivity index (χ2v) is 6.81. The minimum atomic E-state index is 0.136. The van der Waals surface area contributed by atoms with Gasteiger partial charge in [-0.3, -0.25) is 0 Å². The summed E-state index contributed by atoms with van der Waals surface area (Å²) in [5.41, 5.74) is 3.59. The molecule has 1 unspecified atom stereocenters. The van der Waals surface area contributed by atoms with Gasteiger partial charge < -0.3 is 0 Å². The molecular formula is C16H12BrClS. The molecule has 0 saturated heterocycles.